The van der Waals surface area contributed by atoms with Crippen molar-refractivity contribution in [1.29, 1.82) is 0 Å². The van der Waals surface area contributed by atoms with Gasteiger partial charge in [0.25, 0.3) is 0 Å². The fourth-order valence-electron chi connectivity index (χ4n) is 2.79. The largest absolute Gasteiger partial charge is 0.493 e. The van der Waals surface area contributed by atoms with Crippen LogP contribution in [0, 0.1) is 6.92 Å². The van der Waals surface area contributed by atoms with Gasteiger partial charge in [0.2, 0.25) is 5.91 Å². The van der Waals surface area contributed by atoms with Crippen molar-refractivity contribution in [3.8, 4) is 11.5 Å². The molecule has 0 unspecified atom stereocenters. The van der Waals surface area contributed by atoms with E-state index in [2.05, 4.69) is 20.8 Å². The smallest absolute Gasteiger partial charge is 0.249 e. The molecule has 1 amide bonds. The van der Waals surface area contributed by atoms with Gasteiger partial charge in [-0.15, -0.1) is 5.10 Å². The van der Waals surface area contributed by atoms with E-state index in [0.717, 1.165) is 11.1 Å². The summed E-state index contributed by atoms with van der Waals surface area (Å²) < 4.78 is 12.1. The topological polar surface area (TPSA) is 91.2 Å². The van der Waals surface area contributed by atoms with Crippen molar-refractivity contribution in [3.63, 3.8) is 0 Å². The van der Waals surface area contributed by atoms with Gasteiger partial charge in [0.05, 0.1) is 14.2 Å². The summed E-state index contributed by atoms with van der Waals surface area (Å²) in [6.07, 6.45) is 1.90. The summed E-state index contributed by atoms with van der Waals surface area (Å²) in [7, 11) is 3.13. The number of carbonyl (C=O) groups excluding carboxylic acids is 1. The fourth-order valence-corrected chi connectivity index (χ4v) is 2.79. The minimum Gasteiger partial charge on any atom is -0.493 e. The molecule has 0 bridgehead atoms. The zero-order valence-corrected chi connectivity index (χ0v) is 15.4. The molecule has 0 radical (unpaired) electrons. The minimum absolute atomic E-state index is 0.221. The predicted octanol–water partition coefficient (Wildman–Crippen LogP) is 2.42. The number of anilines is 1. The molecular weight excluding hydrogens is 346 g/mol. The average molecular weight is 367 g/mol. The molecule has 1 heterocycles. The molecule has 1 N–H and O–H groups in total. The van der Waals surface area contributed by atoms with Crippen LogP contribution < -0.4 is 14.8 Å². The summed E-state index contributed by atoms with van der Waals surface area (Å²) >= 11 is 0. The van der Waals surface area contributed by atoms with Crippen LogP contribution in [0.25, 0.3) is 0 Å². The number of nitrogens with zero attached hydrogens (tertiary/aromatic N) is 4. The molecule has 2 aromatic carbocycles. The molecule has 0 aliphatic carbocycles. The Labute approximate surface area is 157 Å². The third kappa shape index (κ3) is 4.22. The number of tetrazole rings is 1. The highest BCUT2D eigenvalue weighted by atomic mass is 16.5. The maximum absolute atomic E-state index is 13.0. The van der Waals surface area contributed by atoms with Crippen molar-refractivity contribution in [3.05, 3.63) is 59.9 Å². The van der Waals surface area contributed by atoms with Gasteiger partial charge in [0.1, 0.15) is 12.4 Å². The summed E-state index contributed by atoms with van der Waals surface area (Å²) in [5.74, 6) is 0.927. The minimum atomic E-state index is -0.588. The molecule has 0 aliphatic rings. The van der Waals surface area contributed by atoms with Crippen molar-refractivity contribution in [2.24, 2.45) is 0 Å². The van der Waals surface area contributed by atoms with E-state index in [1.807, 2.05) is 43.3 Å². The van der Waals surface area contributed by atoms with Gasteiger partial charge in [-0.25, -0.2) is 4.68 Å². The number of rotatable bonds is 7. The Morgan fingerprint density at radius 2 is 1.85 bits per heavy atom. The lowest BCUT2D eigenvalue weighted by molar-refractivity contribution is -0.119. The Bertz CT molecular complexity index is 897. The molecular formula is C19H21N5O3. The van der Waals surface area contributed by atoms with Crippen molar-refractivity contribution in [2.75, 3.05) is 19.5 Å². The Hall–Kier alpha value is -3.42. The molecule has 140 valence electrons. The SMILES string of the molecule is COc1cc(C)c(NC(=O)[C@@H](Cc2ccccc2)n2cnnn2)cc1OC. The van der Waals surface area contributed by atoms with Gasteiger partial charge in [-0.2, -0.15) is 0 Å². The number of nitrogens with one attached hydrogen (secondary N) is 1. The summed E-state index contributed by atoms with van der Waals surface area (Å²) in [5.41, 5.74) is 2.51. The molecule has 8 heteroatoms. The van der Waals surface area contributed by atoms with Gasteiger partial charge in [-0.3, -0.25) is 4.79 Å². The van der Waals surface area contributed by atoms with Crippen LogP contribution in [0.3, 0.4) is 0 Å². The number of hydrogen-bond donors (Lipinski definition) is 1. The lowest BCUT2D eigenvalue weighted by Crippen LogP contribution is -2.28. The van der Waals surface area contributed by atoms with Gasteiger partial charge < -0.3 is 14.8 Å². The van der Waals surface area contributed by atoms with Crippen LogP contribution in [0.15, 0.2) is 48.8 Å². The van der Waals surface area contributed by atoms with Crippen molar-refractivity contribution in [2.45, 2.75) is 19.4 Å². The Balaban J connectivity index is 1.87. The van der Waals surface area contributed by atoms with Crippen molar-refractivity contribution >= 4 is 11.6 Å². The van der Waals surface area contributed by atoms with E-state index in [4.69, 9.17) is 9.47 Å². The zero-order valence-electron chi connectivity index (χ0n) is 15.4. The van der Waals surface area contributed by atoms with E-state index in [1.165, 1.54) is 11.0 Å². The van der Waals surface area contributed by atoms with Crippen LogP contribution in [-0.2, 0) is 11.2 Å². The van der Waals surface area contributed by atoms with Crippen LogP contribution in [-0.4, -0.2) is 40.3 Å². The van der Waals surface area contributed by atoms with Gasteiger partial charge in [0, 0.05) is 18.2 Å². The predicted molar refractivity (Wildman–Crippen MR) is 99.9 cm³/mol. The van der Waals surface area contributed by atoms with E-state index >= 15 is 0 Å². The van der Waals surface area contributed by atoms with Gasteiger partial charge in [-0.05, 0) is 34.5 Å². The molecule has 1 aromatic heterocycles. The highest BCUT2D eigenvalue weighted by Gasteiger charge is 2.23. The van der Waals surface area contributed by atoms with Crippen LogP contribution >= 0.6 is 0 Å². The molecule has 1 atom stereocenters. The molecule has 3 aromatic rings. The summed E-state index contributed by atoms with van der Waals surface area (Å²) in [5, 5.41) is 14.2. The number of hydrogen-bond acceptors (Lipinski definition) is 6. The third-order valence-corrected chi connectivity index (χ3v) is 4.25. The molecule has 0 aliphatic heterocycles. The quantitative estimate of drug-likeness (QED) is 0.690. The number of amides is 1. The highest BCUT2D eigenvalue weighted by Crippen LogP contribution is 2.33. The number of benzene rings is 2. The molecule has 27 heavy (non-hydrogen) atoms. The summed E-state index contributed by atoms with van der Waals surface area (Å²) in [4.78, 5) is 13.0. The maximum atomic E-state index is 13.0. The van der Waals surface area contributed by atoms with Gasteiger partial charge in [-0.1, -0.05) is 30.3 Å². The second kappa shape index (κ2) is 8.31. The first-order valence-electron chi connectivity index (χ1n) is 8.42. The normalized spacial score (nSPS) is 11.7. The second-order valence-corrected chi connectivity index (χ2v) is 6.01. The standard InChI is InChI=1S/C19H21N5O3/c1-13-9-17(26-2)18(27-3)11-15(13)21-19(25)16(24-12-20-22-23-24)10-14-7-5-4-6-8-14/h4-9,11-12,16H,10H2,1-3H3,(H,21,25)/t16-/m1/s1. The number of carbonyl (C=O) groups is 1. The van der Waals surface area contributed by atoms with Crippen LogP contribution in [0.5, 0.6) is 11.5 Å². The van der Waals surface area contributed by atoms with E-state index < -0.39 is 6.04 Å². The maximum Gasteiger partial charge on any atom is 0.249 e. The van der Waals surface area contributed by atoms with E-state index in [9.17, 15) is 4.79 Å². The molecule has 3 rings (SSSR count). The van der Waals surface area contributed by atoms with E-state index in [0.29, 0.717) is 23.6 Å². The number of aromatic nitrogens is 4. The van der Waals surface area contributed by atoms with Gasteiger partial charge in [0.15, 0.2) is 11.5 Å². The highest BCUT2D eigenvalue weighted by molar-refractivity contribution is 5.95. The van der Waals surface area contributed by atoms with Crippen LogP contribution in [0.4, 0.5) is 5.69 Å². The Kier molecular flexibility index (Phi) is 5.65. The van der Waals surface area contributed by atoms with Crippen LogP contribution in [0.2, 0.25) is 0 Å². The average Bonchev–Trinajstić information content (AvgIpc) is 3.22. The summed E-state index contributed by atoms with van der Waals surface area (Å²) in [6, 6.07) is 12.7. The number of ether oxygens (including phenoxy) is 2. The van der Waals surface area contributed by atoms with Gasteiger partial charge >= 0.3 is 0 Å². The zero-order chi connectivity index (χ0) is 19.2. The Morgan fingerprint density at radius 1 is 1.15 bits per heavy atom. The van der Waals surface area contributed by atoms with Crippen molar-refractivity contribution in [1.82, 2.24) is 20.2 Å². The first-order chi connectivity index (χ1) is 13.1. The Morgan fingerprint density at radius 3 is 2.48 bits per heavy atom. The number of methoxy groups -OCH3 is 2. The summed E-state index contributed by atoms with van der Waals surface area (Å²) in [6.45, 7) is 1.89. The lowest BCUT2D eigenvalue weighted by Gasteiger charge is -2.18. The second-order valence-electron chi connectivity index (χ2n) is 6.01. The molecule has 0 spiro atoms. The van der Waals surface area contributed by atoms with E-state index in [1.54, 1.807) is 20.3 Å². The molecule has 8 nitrogen and oxygen atoms in total. The lowest BCUT2D eigenvalue weighted by atomic mass is 10.0. The van der Waals surface area contributed by atoms with E-state index in [-0.39, 0.29) is 5.91 Å². The molecule has 0 saturated carbocycles. The fraction of sp³-hybridized carbons (Fsp3) is 0.263. The number of aryl methyl sites for hydroxylation is 1. The first-order valence-corrected chi connectivity index (χ1v) is 8.42. The first kappa shape index (κ1) is 18.4. The van der Waals surface area contributed by atoms with Crippen molar-refractivity contribution < 1.29 is 14.3 Å². The monoisotopic (exact) mass is 367 g/mol. The van der Waals surface area contributed by atoms with Crippen LogP contribution in [0.1, 0.15) is 17.2 Å². The molecule has 0 fully saturated rings. The third-order valence-electron chi connectivity index (χ3n) is 4.25. The molecule has 0 saturated heterocycles.